The van der Waals surface area contributed by atoms with Gasteiger partial charge in [-0.15, -0.1) is 0 Å². The lowest BCUT2D eigenvalue weighted by Crippen LogP contribution is -1.70. The Bertz CT molecular complexity index is 152. The Hall–Kier alpha value is -0.430. The summed E-state index contributed by atoms with van der Waals surface area (Å²) >= 11 is 4.83. The highest BCUT2D eigenvalue weighted by Crippen LogP contribution is 2.04. The minimum Gasteiger partial charge on any atom is -0.0801 e. The first-order chi connectivity index (χ1) is 3.29. The summed E-state index contributed by atoms with van der Waals surface area (Å²) in [5, 5.41) is 0. The SMILES string of the molecule is CC1=CC(=S)C=C1. The van der Waals surface area contributed by atoms with Gasteiger partial charge < -0.3 is 0 Å². The number of allylic oxidation sites excluding steroid dienone is 4. The van der Waals surface area contributed by atoms with E-state index in [-0.39, 0.29) is 0 Å². The van der Waals surface area contributed by atoms with E-state index in [0.717, 1.165) is 4.86 Å². The zero-order valence-electron chi connectivity index (χ0n) is 4.14. The topological polar surface area (TPSA) is 0 Å². The van der Waals surface area contributed by atoms with E-state index in [4.69, 9.17) is 12.2 Å². The molecule has 0 saturated heterocycles. The first-order valence-electron chi connectivity index (χ1n) is 2.19. The van der Waals surface area contributed by atoms with Crippen molar-refractivity contribution in [3.8, 4) is 0 Å². The van der Waals surface area contributed by atoms with Gasteiger partial charge in [-0.2, -0.15) is 0 Å². The van der Waals surface area contributed by atoms with Gasteiger partial charge in [-0.05, 0) is 24.6 Å². The third-order valence-electron chi connectivity index (χ3n) is 0.880. The van der Waals surface area contributed by atoms with Crippen LogP contribution in [-0.4, -0.2) is 4.86 Å². The third kappa shape index (κ3) is 0.967. The van der Waals surface area contributed by atoms with E-state index in [9.17, 15) is 0 Å². The molecular formula is C6H6S. The van der Waals surface area contributed by atoms with E-state index in [1.54, 1.807) is 0 Å². The molecule has 0 saturated carbocycles. The predicted octanol–water partition coefficient (Wildman–Crippen LogP) is 1.87. The molecule has 0 N–H and O–H groups in total. The van der Waals surface area contributed by atoms with Crippen LogP contribution in [0, 0.1) is 0 Å². The van der Waals surface area contributed by atoms with Gasteiger partial charge >= 0.3 is 0 Å². The first kappa shape index (κ1) is 4.72. The van der Waals surface area contributed by atoms with E-state index in [1.165, 1.54) is 5.57 Å². The summed E-state index contributed by atoms with van der Waals surface area (Å²) in [6.07, 6.45) is 5.93. The maximum atomic E-state index is 4.83. The van der Waals surface area contributed by atoms with Crippen molar-refractivity contribution in [3.05, 3.63) is 23.8 Å². The van der Waals surface area contributed by atoms with Crippen LogP contribution < -0.4 is 0 Å². The molecule has 1 aliphatic rings. The zero-order chi connectivity index (χ0) is 5.28. The average Bonchev–Trinajstić information content (AvgIpc) is 1.87. The van der Waals surface area contributed by atoms with E-state index in [1.807, 2.05) is 25.2 Å². The Kier molecular flexibility index (Phi) is 1.07. The van der Waals surface area contributed by atoms with Gasteiger partial charge in [-0.3, -0.25) is 0 Å². The summed E-state index contributed by atoms with van der Waals surface area (Å²) in [6, 6.07) is 0. The van der Waals surface area contributed by atoms with Gasteiger partial charge in [0.1, 0.15) is 0 Å². The number of hydrogen-bond donors (Lipinski definition) is 0. The molecule has 1 aliphatic carbocycles. The second-order valence-electron chi connectivity index (χ2n) is 1.62. The normalized spacial score (nSPS) is 17.9. The van der Waals surface area contributed by atoms with Gasteiger partial charge in [0.05, 0.1) is 0 Å². The molecule has 0 unspecified atom stereocenters. The molecule has 1 heteroatoms. The van der Waals surface area contributed by atoms with Crippen molar-refractivity contribution in [3.63, 3.8) is 0 Å². The van der Waals surface area contributed by atoms with Crippen molar-refractivity contribution in [2.45, 2.75) is 6.92 Å². The number of thiocarbonyl (C=S) groups is 1. The Morgan fingerprint density at radius 1 is 1.43 bits per heavy atom. The van der Waals surface area contributed by atoms with Crippen LogP contribution in [0.25, 0.3) is 0 Å². The smallest absolute Gasteiger partial charge is 0.0379 e. The van der Waals surface area contributed by atoms with Crippen molar-refractivity contribution in [1.29, 1.82) is 0 Å². The van der Waals surface area contributed by atoms with Crippen LogP contribution in [0.2, 0.25) is 0 Å². The van der Waals surface area contributed by atoms with Crippen molar-refractivity contribution in [2.75, 3.05) is 0 Å². The fourth-order valence-corrected chi connectivity index (χ4v) is 0.788. The van der Waals surface area contributed by atoms with Crippen molar-refractivity contribution in [2.24, 2.45) is 0 Å². The lowest BCUT2D eigenvalue weighted by molar-refractivity contribution is 1.57. The summed E-state index contributed by atoms with van der Waals surface area (Å²) in [5.74, 6) is 0. The van der Waals surface area contributed by atoms with E-state index in [0.29, 0.717) is 0 Å². The summed E-state index contributed by atoms with van der Waals surface area (Å²) in [7, 11) is 0. The largest absolute Gasteiger partial charge is 0.0801 e. The molecule has 0 amide bonds. The van der Waals surface area contributed by atoms with Gasteiger partial charge in [-0.1, -0.05) is 18.3 Å². The summed E-state index contributed by atoms with van der Waals surface area (Å²) < 4.78 is 0. The Morgan fingerprint density at radius 2 is 2.14 bits per heavy atom. The second-order valence-corrected chi connectivity index (χ2v) is 2.10. The predicted molar refractivity (Wildman–Crippen MR) is 35.5 cm³/mol. The molecule has 0 radical (unpaired) electrons. The van der Waals surface area contributed by atoms with Crippen LogP contribution >= 0.6 is 12.2 Å². The molecule has 0 heterocycles. The fraction of sp³-hybridized carbons (Fsp3) is 0.167. The molecule has 0 aromatic rings. The zero-order valence-corrected chi connectivity index (χ0v) is 4.96. The molecule has 0 aromatic heterocycles. The van der Waals surface area contributed by atoms with E-state index in [2.05, 4.69) is 0 Å². The summed E-state index contributed by atoms with van der Waals surface area (Å²) in [5.41, 5.74) is 1.25. The van der Waals surface area contributed by atoms with Crippen LogP contribution in [0.4, 0.5) is 0 Å². The standard InChI is InChI=1S/C6H6S/c1-5-2-3-6(7)4-5/h2-4H,1H3. The van der Waals surface area contributed by atoms with Crippen LogP contribution in [0.3, 0.4) is 0 Å². The van der Waals surface area contributed by atoms with Crippen molar-refractivity contribution >= 4 is 17.1 Å². The Morgan fingerprint density at radius 3 is 2.29 bits per heavy atom. The highest BCUT2D eigenvalue weighted by Gasteiger charge is 1.92. The van der Waals surface area contributed by atoms with E-state index < -0.39 is 0 Å². The number of hydrogen-bond acceptors (Lipinski definition) is 1. The quantitative estimate of drug-likeness (QED) is 0.429. The second kappa shape index (κ2) is 1.58. The fourth-order valence-electron chi connectivity index (χ4n) is 0.534. The molecule has 0 aliphatic heterocycles. The van der Waals surface area contributed by atoms with Crippen LogP contribution in [0.5, 0.6) is 0 Å². The van der Waals surface area contributed by atoms with Crippen molar-refractivity contribution < 1.29 is 0 Å². The molecule has 0 atom stereocenters. The van der Waals surface area contributed by atoms with Gasteiger partial charge in [0.15, 0.2) is 0 Å². The molecular weight excluding hydrogens is 104 g/mol. The third-order valence-corrected chi connectivity index (χ3v) is 1.13. The maximum Gasteiger partial charge on any atom is 0.0379 e. The maximum absolute atomic E-state index is 4.83. The van der Waals surface area contributed by atoms with Crippen LogP contribution in [0.1, 0.15) is 6.92 Å². The molecule has 0 fully saturated rings. The molecule has 0 spiro atoms. The summed E-state index contributed by atoms with van der Waals surface area (Å²) in [6.45, 7) is 2.04. The van der Waals surface area contributed by atoms with E-state index >= 15 is 0 Å². The molecule has 36 valence electrons. The highest BCUT2D eigenvalue weighted by atomic mass is 32.1. The minimum atomic E-state index is 0.942. The monoisotopic (exact) mass is 110 g/mol. The minimum absolute atomic E-state index is 0.942. The first-order valence-corrected chi connectivity index (χ1v) is 2.60. The molecule has 1 rings (SSSR count). The van der Waals surface area contributed by atoms with Gasteiger partial charge in [0.2, 0.25) is 0 Å². The summed E-state index contributed by atoms with van der Waals surface area (Å²) in [4.78, 5) is 0.942. The molecule has 0 nitrogen and oxygen atoms in total. The number of rotatable bonds is 0. The highest BCUT2D eigenvalue weighted by molar-refractivity contribution is 7.81. The average molecular weight is 110 g/mol. The lowest BCUT2D eigenvalue weighted by Gasteiger charge is -1.74. The van der Waals surface area contributed by atoms with Crippen LogP contribution in [0.15, 0.2) is 23.8 Å². The van der Waals surface area contributed by atoms with Gasteiger partial charge in [-0.25, -0.2) is 0 Å². The van der Waals surface area contributed by atoms with Crippen molar-refractivity contribution in [1.82, 2.24) is 0 Å². The Balaban J connectivity index is 2.88. The molecule has 7 heavy (non-hydrogen) atoms. The molecule has 0 bridgehead atoms. The molecule has 0 aromatic carbocycles. The van der Waals surface area contributed by atoms with Gasteiger partial charge in [0, 0.05) is 4.86 Å². The lowest BCUT2D eigenvalue weighted by atomic mass is 10.3. The van der Waals surface area contributed by atoms with Gasteiger partial charge in [0.25, 0.3) is 0 Å². The Labute approximate surface area is 48.5 Å². The van der Waals surface area contributed by atoms with Crippen LogP contribution in [-0.2, 0) is 0 Å².